The smallest absolute Gasteiger partial charge is 0.349 e. The number of H-pyrrole nitrogens is 1. The molecule has 1 fully saturated rings. The van der Waals surface area contributed by atoms with E-state index < -0.39 is 12.0 Å². The van der Waals surface area contributed by atoms with Crippen LogP contribution in [0.1, 0.15) is 43.4 Å². The average Bonchev–Trinajstić information content (AvgIpc) is 3.44. The quantitative estimate of drug-likeness (QED) is 0.553. The van der Waals surface area contributed by atoms with Crippen molar-refractivity contribution in [3.05, 3.63) is 46.1 Å². The molecule has 2 heterocycles. The van der Waals surface area contributed by atoms with E-state index in [-0.39, 0.29) is 30.2 Å². The van der Waals surface area contributed by atoms with Crippen LogP contribution >= 0.6 is 23.2 Å². The number of benzene rings is 1. The summed E-state index contributed by atoms with van der Waals surface area (Å²) >= 11 is 12.3. The molecule has 1 amide bonds. The lowest BCUT2D eigenvalue weighted by atomic mass is 9.85. The van der Waals surface area contributed by atoms with E-state index in [9.17, 15) is 18.0 Å². The predicted octanol–water partition coefficient (Wildman–Crippen LogP) is 4.44. The summed E-state index contributed by atoms with van der Waals surface area (Å²) in [7, 11) is 0. The standard InChI is InChI=1S/C19H18Cl2F3N7O/c20-13-3-1-2-12(16(13)21)14-9-31(30-27-14)11-6-4-10(5-7-11)17(32)25-8-15-26-18(29-28-15)19(22,23)24/h1-3,9-11H,4-8H2,(H,25,32)(H,26,28,29). The van der Waals surface area contributed by atoms with Gasteiger partial charge >= 0.3 is 6.18 Å². The number of nitrogens with zero attached hydrogens (tertiary/aromatic N) is 5. The van der Waals surface area contributed by atoms with E-state index in [1.165, 1.54) is 0 Å². The van der Waals surface area contributed by atoms with Gasteiger partial charge in [0, 0.05) is 11.5 Å². The summed E-state index contributed by atoms with van der Waals surface area (Å²) in [5, 5.41) is 17.2. The Labute approximate surface area is 190 Å². The Hall–Kier alpha value is -2.66. The predicted molar refractivity (Wildman–Crippen MR) is 110 cm³/mol. The first-order chi connectivity index (χ1) is 15.2. The maximum atomic E-state index is 12.5. The molecule has 0 aliphatic heterocycles. The van der Waals surface area contributed by atoms with E-state index in [2.05, 4.69) is 30.8 Å². The fraction of sp³-hybridized carbons (Fsp3) is 0.421. The van der Waals surface area contributed by atoms with Crippen LogP contribution < -0.4 is 5.32 Å². The lowest BCUT2D eigenvalue weighted by Crippen LogP contribution is -2.33. The van der Waals surface area contributed by atoms with E-state index in [0.717, 1.165) is 0 Å². The number of aromatic amines is 1. The van der Waals surface area contributed by atoms with Gasteiger partial charge in [0.15, 0.2) is 0 Å². The van der Waals surface area contributed by atoms with Crippen molar-refractivity contribution < 1.29 is 18.0 Å². The van der Waals surface area contributed by atoms with Crippen LogP contribution in [0.5, 0.6) is 0 Å². The van der Waals surface area contributed by atoms with E-state index in [0.29, 0.717) is 47.0 Å². The molecule has 0 saturated heterocycles. The number of halogens is 5. The minimum atomic E-state index is -4.63. The van der Waals surface area contributed by atoms with Crippen molar-refractivity contribution in [2.24, 2.45) is 5.92 Å². The molecule has 2 aromatic heterocycles. The Morgan fingerprint density at radius 2 is 1.97 bits per heavy atom. The van der Waals surface area contributed by atoms with Gasteiger partial charge in [0.05, 0.1) is 28.8 Å². The average molecular weight is 488 g/mol. The number of alkyl halides is 3. The summed E-state index contributed by atoms with van der Waals surface area (Å²) in [6.45, 7) is -0.144. The van der Waals surface area contributed by atoms with Gasteiger partial charge in [-0.1, -0.05) is 40.5 Å². The summed E-state index contributed by atoms with van der Waals surface area (Å²) in [6.07, 6.45) is -0.155. The fourth-order valence-electron chi connectivity index (χ4n) is 3.70. The van der Waals surface area contributed by atoms with Gasteiger partial charge in [-0.25, -0.2) is 9.67 Å². The molecule has 13 heteroatoms. The summed E-state index contributed by atoms with van der Waals surface area (Å²) in [5.41, 5.74) is 1.31. The second-order valence-electron chi connectivity index (χ2n) is 7.51. The van der Waals surface area contributed by atoms with Crippen molar-refractivity contribution in [2.45, 2.75) is 44.4 Å². The molecule has 1 aromatic carbocycles. The van der Waals surface area contributed by atoms with E-state index in [1.807, 2.05) is 12.3 Å². The number of nitrogens with one attached hydrogen (secondary N) is 2. The third-order valence-corrected chi connectivity index (χ3v) is 6.21. The van der Waals surface area contributed by atoms with Crippen LogP contribution in [-0.4, -0.2) is 36.1 Å². The van der Waals surface area contributed by atoms with Crippen molar-refractivity contribution >= 4 is 29.1 Å². The number of amides is 1. The number of hydrogen-bond donors (Lipinski definition) is 2. The number of hydrogen-bond acceptors (Lipinski definition) is 5. The highest BCUT2D eigenvalue weighted by Crippen LogP contribution is 2.35. The van der Waals surface area contributed by atoms with Gasteiger partial charge in [0.1, 0.15) is 11.5 Å². The Morgan fingerprint density at radius 3 is 2.66 bits per heavy atom. The lowest BCUT2D eigenvalue weighted by molar-refractivity contribution is -0.144. The number of carbonyl (C=O) groups is 1. The molecule has 0 atom stereocenters. The highest BCUT2D eigenvalue weighted by Gasteiger charge is 2.36. The highest BCUT2D eigenvalue weighted by atomic mass is 35.5. The first kappa shape index (κ1) is 22.5. The van der Waals surface area contributed by atoms with Crippen molar-refractivity contribution in [1.82, 2.24) is 35.5 Å². The van der Waals surface area contributed by atoms with Crippen LogP contribution in [0.3, 0.4) is 0 Å². The molecule has 0 bridgehead atoms. The van der Waals surface area contributed by atoms with Crippen LogP contribution in [0.4, 0.5) is 13.2 Å². The summed E-state index contributed by atoms with van der Waals surface area (Å²) in [5.74, 6) is -1.76. The molecule has 4 rings (SSSR count). The molecule has 0 unspecified atom stereocenters. The molecule has 1 aliphatic rings. The zero-order valence-corrected chi connectivity index (χ0v) is 18.0. The molecular weight excluding hydrogens is 470 g/mol. The van der Waals surface area contributed by atoms with Crippen LogP contribution in [0.15, 0.2) is 24.4 Å². The van der Waals surface area contributed by atoms with Gasteiger partial charge in [-0.2, -0.15) is 13.2 Å². The van der Waals surface area contributed by atoms with Crippen LogP contribution in [0.25, 0.3) is 11.3 Å². The molecule has 32 heavy (non-hydrogen) atoms. The van der Waals surface area contributed by atoms with Gasteiger partial charge in [-0.05, 0) is 31.7 Å². The first-order valence-electron chi connectivity index (χ1n) is 9.84. The number of rotatable bonds is 5. The van der Waals surface area contributed by atoms with Crippen molar-refractivity contribution in [1.29, 1.82) is 0 Å². The SMILES string of the molecule is O=C(NCc1nc(C(F)(F)F)n[nH]1)C1CCC(n2cc(-c3cccc(Cl)c3Cl)nn2)CC1. The maximum absolute atomic E-state index is 12.5. The third-order valence-electron chi connectivity index (χ3n) is 5.39. The van der Waals surface area contributed by atoms with Gasteiger partial charge in [-0.15, -0.1) is 10.2 Å². The highest BCUT2D eigenvalue weighted by molar-refractivity contribution is 6.43. The van der Waals surface area contributed by atoms with Gasteiger partial charge in [0.25, 0.3) is 5.82 Å². The van der Waals surface area contributed by atoms with Gasteiger partial charge in [0.2, 0.25) is 5.91 Å². The monoisotopic (exact) mass is 487 g/mol. The van der Waals surface area contributed by atoms with Crippen LogP contribution in [0.2, 0.25) is 10.0 Å². The minimum Gasteiger partial charge on any atom is -0.349 e. The Balaban J connectivity index is 1.30. The van der Waals surface area contributed by atoms with Crippen LogP contribution in [0, 0.1) is 5.92 Å². The molecule has 8 nitrogen and oxygen atoms in total. The molecule has 3 aromatic rings. The van der Waals surface area contributed by atoms with E-state index >= 15 is 0 Å². The summed E-state index contributed by atoms with van der Waals surface area (Å²) in [6, 6.07) is 5.38. The third kappa shape index (κ3) is 4.88. The normalized spacial score (nSPS) is 19.2. The summed E-state index contributed by atoms with van der Waals surface area (Å²) < 4.78 is 39.4. The molecule has 0 radical (unpaired) electrons. The first-order valence-corrected chi connectivity index (χ1v) is 10.6. The lowest BCUT2D eigenvalue weighted by Gasteiger charge is -2.27. The second-order valence-corrected chi connectivity index (χ2v) is 8.30. The zero-order chi connectivity index (χ0) is 22.9. The Bertz CT molecular complexity index is 1110. The van der Waals surface area contributed by atoms with E-state index in [1.54, 1.807) is 16.8 Å². The Kier molecular flexibility index (Phi) is 6.38. The van der Waals surface area contributed by atoms with Crippen molar-refractivity contribution in [3.8, 4) is 11.3 Å². The molecule has 2 N–H and O–H groups in total. The van der Waals surface area contributed by atoms with E-state index in [4.69, 9.17) is 23.2 Å². The van der Waals surface area contributed by atoms with Gasteiger partial charge in [-0.3, -0.25) is 9.89 Å². The summed E-state index contributed by atoms with van der Waals surface area (Å²) in [4.78, 5) is 15.8. The van der Waals surface area contributed by atoms with Crippen molar-refractivity contribution in [3.63, 3.8) is 0 Å². The zero-order valence-electron chi connectivity index (χ0n) is 16.5. The molecular formula is C19H18Cl2F3N7O. The van der Waals surface area contributed by atoms with Crippen LogP contribution in [-0.2, 0) is 17.5 Å². The fourth-order valence-corrected chi connectivity index (χ4v) is 4.10. The molecule has 170 valence electrons. The maximum Gasteiger partial charge on any atom is 0.453 e. The molecule has 0 spiro atoms. The van der Waals surface area contributed by atoms with Crippen molar-refractivity contribution in [2.75, 3.05) is 0 Å². The Morgan fingerprint density at radius 1 is 1.22 bits per heavy atom. The molecule has 1 aliphatic carbocycles. The topological polar surface area (TPSA) is 101 Å². The second kappa shape index (κ2) is 9.07. The minimum absolute atomic E-state index is 0.0471. The van der Waals surface area contributed by atoms with Gasteiger partial charge < -0.3 is 5.32 Å². The number of carbonyl (C=O) groups excluding carboxylic acids is 1. The number of aromatic nitrogens is 6. The molecule has 1 saturated carbocycles. The largest absolute Gasteiger partial charge is 0.453 e.